The monoisotopic (exact) mass is 192 g/mol. The molecule has 0 spiro atoms. The minimum Gasteiger partial charge on any atom is -0.237 e. The Morgan fingerprint density at radius 1 is 1.54 bits per heavy atom. The Labute approximate surface area is 78.3 Å². The van der Waals surface area contributed by atoms with Crippen molar-refractivity contribution in [1.82, 2.24) is 4.98 Å². The highest BCUT2D eigenvalue weighted by Crippen LogP contribution is 2.23. The van der Waals surface area contributed by atoms with Crippen molar-refractivity contribution in [3.63, 3.8) is 0 Å². The van der Waals surface area contributed by atoms with Gasteiger partial charge < -0.3 is 0 Å². The Bertz CT molecular complexity index is 484. The lowest BCUT2D eigenvalue weighted by Crippen LogP contribution is -1.79. The molecule has 0 saturated carbocycles. The molecule has 2 nitrogen and oxygen atoms in total. The van der Waals surface area contributed by atoms with Crippen LogP contribution in [0.3, 0.4) is 0 Å². The van der Waals surface area contributed by atoms with Crippen LogP contribution in [0.5, 0.6) is 0 Å². The Hall–Kier alpha value is -1.47. The molecule has 0 aliphatic carbocycles. The zero-order valence-electron chi connectivity index (χ0n) is 6.62. The lowest BCUT2D eigenvalue weighted by Gasteiger charge is -1.86. The average molecular weight is 192 g/mol. The van der Waals surface area contributed by atoms with E-state index in [0.717, 1.165) is 4.70 Å². The molecule has 1 aromatic carbocycles. The van der Waals surface area contributed by atoms with E-state index in [2.05, 4.69) is 4.98 Å². The van der Waals surface area contributed by atoms with Crippen LogP contribution in [0.15, 0.2) is 18.2 Å². The van der Waals surface area contributed by atoms with Crippen LogP contribution in [0, 0.1) is 17.1 Å². The summed E-state index contributed by atoms with van der Waals surface area (Å²) in [5, 5.41) is 9.11. The molecule has 0 fully saturated rings. The number of nitriles is 1. The molecule has 0 aliphatic heterocycles. The van der Waals surface area contributed by atoms with Crippen molar-refractivity contribution < 1.29 is 4.39 Å². The molecule has 1 aromatic heterocycles. The summed E-state index contributed by atoms with van der Waals surface area (Å²) in [5.74, 6) is -0.321. The van der Waals surface area contributed by atoms with Crippen molar-refractivity contribution in [2.45, 2.75) is 6.42 Å². The minimum absolute atomic E-state index is 0.249. The number of hydrogen-bond acceptors (Lipinski definition) is 3. The van der Waals surface area contributed by atoms with Gasteiger partial charge in [-0.15, -0.1) is 11.3 Å². The van der Waals surface area contributed by atoms with Gasteiger partial charge in [-0.2, -0.15) is 5.26 Å². The zero-order chi connectivity index (χ0) is 9.26. The lowest BCUT2D eigenvalue weighted by atomic mass is 10.3. The standard InChI is InChI=1S/C9H5FN2S/c10-6-2-1-3-7-9(6)12-8(13-7)4-5-11/h1-3H,4H2. The highest BCUT2D eigenvalue weighted by atomic mass is 32.1. The van der Waals surface area contributed by atoms with Gasteiger partial charge in [0.1, 0.15) is 16.3 Å². The van der Waals surface area contributed by atoms with Crippen LogP contribution in [-0.2, 0) is 6.42 Å². The van der Waals surface area contributed by atoms with Crippen LogP contribution in [0.4, 0.5) is 4.39 Å². The van der Waals surface area contributed by atoms with Crippen LogP contribution < -0.4 is 0 Å². The SMILES string of the molecule is N#CCc1nc2c(F)cccc2s1. The largest absolute Gasteiger partial charge is 0.237 e. The second-order valence-corrected chi connectivity index (χ2v) is 3.64. The van der Waals surface area contributed by atoms with Crippen molar-refractivity contribution in [3.05, 3.63) is 29.0 Å². The summed E-state index contributed by atoms with van der Waals surface area (Å²) in [7, 11) is 0. The second-order valence-electron chi connectivity index (χ2n) is 2.53. The van der Waals surface area contributed by atoms with Gasteiger partial charge in [0.15, 0.2) is 0 Å². The van der Waals surface area contributed by atoms with Gasteiger partial charge >= 0.3 is 0 Å². The second kappa shape index (κ2) is 3.11. The van der Waals surface area contributed by atoms with E-state index < -0.39 is 0 Å². The van der Waals surface area contributed by atoms with E-state index in [1.807, 2.05) is 6.07 Å². The van der Waals surface area contributed by atoms with Crippen LogP contribution >= 0.6 is 11.3 Å². The van der Waals surface area contributed by atoms with Gasteiger partial charge in [-0.05, 0) is 12.1 Å². The van der Waals surface area contributed by atoms with Gasteiger partial charge in [0.2, 0.25) is 0 Å². The molecule has 4 heteroatoms. The van der Waals surface area contributed by atoms with E-state index >= 15 is 0 Å². The summed E-state index contributed by atoms with van der Waals surface area (Å²) < 4.78 is 13.9. The molecule has 0 radical (unpaired) electrons. The number of para-hydroxylation sites is 1. The van der Waals surface area contributed by atoms with Gasteiger partial charge in [-0.1, -0.05) is 6.07 Å². The molecule has 64 valence electrons. The van der Waals surface area contributed by atoms with E-state index in [-0.39, 0.29) is 12.2 Å². The summed E-state index contributed by atoms with van der Waals surface area (Å²) >= 11 is 1.36. The van der Waals surface area contributed by atoms with Crippen LogP contribution in [-0.4, -0.2) is 4.98 Å². The summed E-state index contributed by atoms with van der Waals surface area (Å²) in [6, 6.07) is 6.81. The first kappa shape index (κ1) is 8.14. The Morgan fingerprint density at radius 2 is 2.38 bits per heavy atom. The maximum absolute atomic E-state index is 13.1. The van der Waals surface area contributed by atoms with E-state index in [4.69, 9.17) is 5.26 Å². The number of thiazole rings is 1. The fourth-order valence-corrected chi connectivity index (χ4v) is 2.02. The fraction of sp³-hybridized carbons (Fsp3) is 0.111. The van der Waals surface area contributed by atoms with E-state index in [1.54, 1.807) is 12.1 Å². The Kier molecular flexibility index (Phi) is 1.95. The first-order chi connectivity index (χ1) is 6.31. The van der Waals surface area contributed by atoms with E-state index in [9.17, 15) is 4.39 Å². The molecule has 0 saturated heterocycles. The number of benzene rings is 1. The van der Waals surface area contributed by atoms with Crippen molar-refractivity contribution in [2.75, 3.05) is 0 Å². The molecular formula is C9H5FN2S. The molecule has 0 atom stereocenters. The van der Waals surface area contributed by atoms with Gasteiger partial charge in [-0.25, -0.2) is 9.37 Å². The predicted octanol–water partition coefficient (Wildman–Crippen LogP) is 2.50. The first-order valence-corrected chi connectivity index (χ1v) is 4.54. The summed E-state index contributed by atoms with van der Waals surface area (Å²) in [5.41, 5.74) is 0.373. The molecule has 2 rings (SSSR count). The Balaban J connectivity index is 2.63. The molecule has 13 heavy (non-hydrogen) atoms. The zero-order valence-corrected chi connectivity index (χ0v) is 7.44. The summed E-state index contributed by atoms with van der Waals surface area (Å²) in [6.45, 7) is 0. The maximum Gasteiger partial charge on any atom is 0.150 e. The first-order valence-electron chi connectivity index (χ1n) is 3.72. The normalized spacial score (nSPS) is 10.2. The van der Waals surface area contributed by atoms with E-state index in [0.29, 0.717) is 10.5 Å². The molecule has 0 amide bonds. The molecule has 0 aliphatic rings. The number of aromatic nitrogens is 1. The third-order valence-electron chi connectivity index (χ3n) is 1.64. The van der Waals surface area contributed by atoms with E-state index in [1.165, 1.54) is 17.4 Å². The van der Waals surface area contributed by atoms with Crippen molar-refractivity contribution >= 4 is 21.6 Å². The van der Waals surface area contributed by atoms with Crippen LogP contribution in [0.25, 0.3) is 10.2 Å². The van der Waals surface area contributed by atoms with Gasteiger partial charge in [0.25, 0.3) is 0 Å². The number of fused-ring (bicyclic) bond motifs is 1. The maximum atomic E-state index is 13.1. The highest BCUT2D eigenvalue weighted by Gasteiger charge is 2.06. The third kappa shape index (κ3) is 1.38. The molecule has 0 N–H and O–H groups in total. The minimum atomic E-state index is -0.321. The quantitative estimate of drug-likeness (QED) is 0.696. The number of rotatable bonds is 1. The van der Waals surface area contributed by atoms with Gasteiger partial charge in [0.05, 0.1) is 17.2 Å². The fourth-order valence-electron chi connectivity index (χ4n) is 1.10. The number of nitrogens with zero attached hydrogens (tertiary/aromatic N) is 2. The summed E-state index contributed by atoms with van der Waals surface area (Å²) in [6.07, 6.45) is 0.249. The van der Waals surface area contributed by atoms with Crippen molar-refractivity contribution in [1.29, 1.82) is 5.26 Å². The molecule has 0 bridgehead atoms. The van der Waals surface area contributed by atoms with Crippen molar-refractivity contribution in [3.8, 4) is 6.07 Å². The molecule has 1 heterocycles. The smallest absolute Gasteiger partial charge is 0.150 e. The van der Waals surface area contributed by atoms with Crippen LogP contribution in [0.2, 0.25) is 0 Å². The van der Waals surface area contributed by atoms with Gasteiger partial charge in [0, 0.05) is 0 Å². The highest BCUT2D eigenvalue weighted by molar-refractivity contribution is 7.18. The lowest BCUT2D eigenvalue weighted by molar-refractivity contribution is 0.637. The average Bonchev–Trinajstić information content (AvgIpc) is 2.49. The number of halogens is 1. The predicted molar refractivity (Wildman–Crippen MR) is 48.9 cm³/mol. The topological polar surface area (TPSA) is 36.7 Å². The molecular weight excluding hydrogens is 187 g/mol. The molecule has 0 unspecified atom stereocenters. The molecule has 2 aromatic rings. The summed E-state index contributed by atoms with van der Waals surface area (Å²) in [4.78, 5) is 4.02. The Morgan fingerprint density at radius 3 is 3.08 bits per heavy atom. The third-order valence-corrected chi connectivity index (χ3v) is 2.66. The van der Waals surface area contributed by atoms with Crippen molar-refractivity contribution in [2.24, 2.45) is 0 Å². The number of hydrogen-bond donors (Lipinski definition) is 0. The van der Waals surface area contributed by atoms with Gasteiger partial charge in [-0.3, -0.25) is 0 Å². The van der Waals surface area contributed by atoms with Crippen LogP contribution in [0.1, 0.15) is 5.01 Å².